The molecule has 0 saturated heterocycles. The van der Waals surface area contributed by atoms with Crippen LogP contribution in [0.3, 0.4) is 0 Å². The number of nitrogens with one attached hydrogen (secondary N) is 1. The fraction of sp³-hybridized carbons (Fsp3) is 0.150. The molecule has 0 unspecified atom stereocenters. The van der Waals surface area contributed by atoms with Crippen LogP contribution in [0.2, 0.25) is 0 Å². The molecule has 1 amide bonds. The first-order valence-electron chi connectivity index (χ1n) is 8.58. The van der Waals surface area contributed by atoms with E-state index in [1.807, 2.05) is 42.1 Å². The third-order valence-corrected chi connectivity index (χ3v) is 5.34. The number of methoxy groups -OCH3 is 1. The van der Waals surface area contributed by atoms with Gasteiger partial charge in [-0.3, -0.25) is 4.79 Å². The van der Waals surface area contributed by atoms with Gasteiger partial charge in [-0.05, 0) is 36.8 Å². The second-order valence-electron chi connectivity index (χ2n) is 6.45. The summed E-state index contributed by atoms with van der Waals surface area (Å²) in [5.41, 5.74) is 11.1. The van der Waals surface area contributed by atoms with Crippen molar-refractivity contribution < 1.29 is 9.53 Å². The van der Waals surface area contributed by atoms with E-state index in [0.29, 0.717) is 22.1 Å². The van der Waals surface area contributed by atoms with Gasteiger partial charge in [-0.15, -0.1) is 11.3 Å². The number of hydrogen-bond donors (Lipinski definition) is 2. The summed E-state index contributed by atoms with van der Waals surface area (Å²) in [5, 5.41) is 5.90. The average Bonchev–Trinajstić information content (AvgIpc) is 3.29. The topological polar surface area (TPSA) is 95.1 Å². The Hall–Kier alpha value is -3.39. The van der Waals surface area contributed by atoms with Crippen LogP contribution in [0.4, 0.5) is 10.8 Å². The van der Waals surface area contributed by atoms with Gasteiger partial charge in [-0.25, -0.2) is 9.97 Å². The number of ether oxygens (including phenoxy) is 1. The Morgan fingerprint density at radius 1 is 1.29 bits per heavy atom. The van der Waals surface area contributed by atoms with E-state index < -0.39 is 5.91 Å². The minimum atomic E-state index is -0.480. The molecule has 2 heterocycles. The molecule has 0 aliphatic heterocycles. The SMILES string of the molecule is COc1cc(C)c(C(N)=O)cc1Nc1nc(-c2ccc3c(c2)ncn3C)cs1. The molecule has 3 N–H and O–H groups in total. The van der Waals surface area contributed by atoms with Crippen molar-refractivity contribution in [3.63, 3.8) is 0 Å². The molecule has 28 heavy (non-hydrogen) atoms. The Kier molecular flexibility index (Phi) is 4.48. The standard InChI is InChI=1S/C20H19N5O2S/c1-11-6-18(27-3)15(8-13(11)19(21)26)23-20-24-16(9-28-20)12-4-5-17-14(7-12)22-10-25(17)2/h4-10H,1-3H3,(H2,21,26)(H,23,24). The van der Waals surface area contributed by atoms with Crippen molar-refractivity contribution >= 4 is 39.1 Å². The molecular formula is C20H19N5O2S. The van der Waals surface area contributed by atoms with Crippen molar-refractivity contribution in [1.29, 1.82) is 0 Å². The van der Waals surface area contributed by atoms with E-state index in [-0.39, 0.29) is 0 Å². The molecule has 0 fully saturated rings. The van der Waals surface area contributed by atoms with Crippen molar-refractivity contribution in [3.8, 4) is 17.0 Å². The van der Waals surface area contributed by atoms with Gasteiger partial charge in [0.2, 0.25) is 5.91 Å². The van der Waals surface area contributed by atoms with E-state index in [4.69, 9.17) is 10.5 Å². The van der Waals surface area contributed by atoms with Crippen LogP contribution < -0.4 is 15.8 Å². The number of rotatable bonds is 5. The van der Waals surface area contributed by atoms with E-state index in [1.54, 1.807) is 25.6 Å². The number of imidazole rings is 1. The molecular weight excluding hydrogens is 374 g/mol. The minimum Gasteiger partial charge on any atom is -0.495 e. The Bertz CT molecular complexity index is 1190. The summed E-state index contributed by atoms with van der Waals surface area (Å²) < 4.78 is 7.41. The highest BCUT2D eigenvalue weighted by atomic mass is 32.1. The molecule has 0 radical (unpaired) electrons. The number of nitrogens with zero attached hydrogens (tertiary/aromatic N) is 3. The number of carbonyl (C=O) groups excluding carboxylic acids is 1. The van der Waals surface area contributed by atoms with E-state index in [1.165, 1.54) is 11.3 Å². The number of aromatic nitrogens is 3. The number of primary amides is 1. The summed E-state index contributed by atoms with van der Waals surface area (Å²) in [6.45, 7) is 1.82. The third-order valence-electron chi connectivity index (χ3n) is 4.58. The molecule has 2 aromatic carbocycles. The second kappa shape index (κ2) is 6.97. The first kappa shape index (κ1) is 18.0. The summed E-state index contributed by atoms with van der Waals surface area (Å²) in [5.74, 6) is 0.140. The summed E-state index contributed by atoms with van der Waals surface area (Å²) >= 11 is 1.47. The number of nitrogens with two attached hydrogens (primary N) is 1. The molecule has 0 bridgehead atoms. The fourth-order valence-corrected chi connectivity index (χ4v) is 3.82. The monoisotopic (exact) mass is 393 g/mol. The number of fused-ring (bicyclic) bond motifs is 1. The number of carbonyl (C=O) groups is 1. The Balaban J connectivity index is 1.66. The predicted molar refractivity (Wildman–Crippen MR) is 111 cm³/mol. The Labute approximate surface area is 165 Å². The zero-order chi connectivity index (χ0) is 19.8. The molecule has 4 rings (SSSR count). The lowest BCUT2D eigenvalue weighted by molar-refractivity contribution is 0.0999. The lowest BCUT2D eigenvalue weighted by atomic mass is 10.1. The van der Waals surface area contributed by atoms with Gasteiger partial charge in [0, 0.05) is 23.6 Å². The highest BCUT2D eigenvalue weighted by Gasteiger charge is 2.14. The molecule has 0 aliphatic rings. The zero-order valence-electron chi connectivity index (χ0n) is 15.7. The van der Waals surface area contributed by atoms with E-state index >= 15 is 0 Å². The predicted octanol–water partition coefficient (Wildman–Crippen LogP) is 3.86. The van der Waals surface area contributed by atoms with Crippen LogP contribution in [0.1, 0.15) is 15.9 Å². The lowest BCUT2D eigenvalue weighted by Gasteiger charge is -2.12. The van der Waals surface area contributed by atoms with Gasteiger partial charge in [0.15, 0.2) is 5.13 Å². The van der Waals surface area contributed by atoms with Crippen molar-refractivity contribution in [2.24, 2.45) is 12.8 Å². The third kappa shape index (κ3) is 3.18. The highest BCUT2D eigenvalue weighted by molar-refractivity contribution is 7.14. The van der Waals surface area contributed by atoms with Gasteiger partial charge < -0.3 is 20.4 Å². The normalized spacial score (nSPS) is 11.0. The quantitative estimate of drug-likeness (QED) is 0.537. The maximum atomic E-state index is 11.7. The van der Waals surface area contributed by atoms with Crippen LogP contribution in [0.5, 0.6) is 5.75 Å². The van der Waals surface area contributed by atoms with Crippen molar-refractivity contribution in [3.05, 3.63) is 53.2 Å². The van der Waals surface area contributed by atoms with E-state index in [0.717, 1.165) is 27.9 Å². The van der Waals surface area contributed by atoms with Gasteiger partial charge in [-0.1, -0.05) is 6.07 Å². The first-order valence-corrected chi connectivity index (χ1v) is 9.46. The Morgan fingerprint density at radius 3 is 2.86 bits per heavy atom. The van der Waals surface area contributed by atoms with Gasteiger partial charge in [0.25, 0.3) is 0 Å². The van der Waals surface area contributed by atoms with E-state index in [9.17, 15) is 4.79 Å². The number of anilines is 2. The molecule has 4 aromatic rings. The summed E-state index contributed by atoms with van der Waals surface area (Å²) in [6.07, 6.45) is 1.79. The number of hydrogen-bond acceptors (Lipinski definition) is 6. The average molecular weight is 393 g/mol. The maximum Gasteiger partial charge on any atom is 0.249 e. The zero-order valence-corrected chi connectivity index (χ0v) is 16.5. The van der Waals surface area contributed by atoms with Crippen LogP contribution in [-0.4, -0.2) is 27.6 Å². The summed E-state index contributed by atoms with van der Waals surface area (Å²) in [4.78, 5) is 20.7. The van der Waals surface area contributed by atoms with Crippen LogP contribution in [0, 0.1) is 6.92 Å². The van der Waals surface area contributed by atoms with Crippen LogP contribution >= 0.6 is 11.3 Å². The molecule has 0 saturated carbocycles. The smallest absolute Gasteiger partial charge is 0.249 e. The molecule has 0 atom stereocenters. The molecule has 142 valence electrons. The minimum absolute atomic E-state index is 0.445. The van der Waals surface area contributed by atoms with Crippen molar-refractivity contribution in [2.75, 3.05) is 12.4 Å². The highest BCUT2D eigenvalue weighted by Crippen LogP contribution is 2.34. The number of thiazole rings is 1. The number of amides is 1. The summed E-state index contributed by atoms with van der Waals surface area (Å²) in [6, 6.07) is 9.56. The molecule has 0 aliphatic carbocycles. The first-order chi connectivity index (χ1) is 13.5. The second-order valence-corrected chi connectivity index (χ2v) is 7.31. The number of benzene rings is 2. The van der Waals surface area contributed by atoms with Gasteiger partial charge in [0.1, 0.15) is 5.75 Å². The van der Waals surface area contributed by atoms with Gasteiger partial charge in [-0.2, -0.15) is 0 Å². The van der Waals surface area contributed by atoms with Crippen LogP contribution in [0.15, 0.2) is 42.0 Å². The Morgan fingerprint density at radius 2 is 2.11 bits per heavy atom. The summed E-state index contributed by atoms with van der Waals surface area (Å²) in [7, 11) is 3.55. The van der Waals surface area contributed by atoms with Gasteiger partial charge >= 0.3 is 0 Å². The largest absolute Gasteiger partial charge is 0.495 e. The molecule has 7 nitrogen and oxygen atoms in total. The van der Waals surface area contributed by atoms with Gasteiger partial charge in [0.05, 0.1) is 35.9 Å². The molecule has 0 spiro atoms. The van der Waals surface area contributed by atoms with Crippen LogP contribution in [-0.2, 0) is 7.05 Å². The molecule has 8 heteroatoms. The molecule has 2 aromatic heterocycles. The van der Waals surface area contributed by atoms with Crippen molar-refractivity contribution in [1.82, 2.24) is 14.5 Å². The van der Waals surface area contributed by atoms with E-state index in [2.05, 4.69) is 15.3 Å². The fourth-order valence-electron chi connectivity index (χ4n) is 3.09. The lowest BCUT2D eigenvalue weighted by Crippen LogP contribution is -2.13. The number of aryl methyl sites for hydroxylation is 2. The maximum absolute atomic E-state index is 11.7. The van der Waals surface area contributed by atoms with Crippen LogP contribution in [0.25, 0.3) is 22.3 Å². The van der Waals surface area contributed by atoms with Crippen molar-refractivity contribution in [2.45, 2.75) is 6.92 Å².